The van der Waals surface area contributed by atoms with Crippen molar-refractivity contribution in [3.63, 3.8) is 0 Å². The summed E-state index contributed by atoms with van der Waals surface area (Å²) in [6.45, 7) is 1.29. The van der Waals surface area contributed by atoms with Crippen LogP contribution in [0.3, 0.4) is 0 Å². The van der Waals surface area contributed by atoms with Crippen molar-refractivity contribution in [2.24, 2.45) is 5.73 Å². The molecule has 1 aliphatic rings. The van der Waals surface area contributed by atoms with Gasteiger partial charge >= 0.3 is 0 Å². The summed E-state index contributed by atoms with van der Waals surface area (Å²) in [6, 6.07) is 9.62. The molecule has 0 bridgehead atoms. The van der Waals surface area contributed by atoms with E-state index >= 15 is 0 Å². The van der Waals surface area contributed by atoms with Crippen LogP contribution >= 0.6 is 0 Å². The average Bonchev–Trinajstić information content (AvgIpc) is 2.53. The second kappa shape index (κ2) is 7.78. The Kier molecular flexibility index (Phi) is 5.75. The predicted octanol–water partition coefficient (Wildman–Crippen LogP) is 0.685. The summed E-state index contributed by atoms with van der Waals surface area (Å²) >= 11 is 0. The van der Waals surface area contributed by atoms with E-state index < -0.39 is 0 Å². The third-order valence-electron chi connectivity index (χ3n) is 3.86. The highest BCUT2D eigenvalue weighted by Gasteiger charge is 2.25. The van der Waals surface area contributed by atoms with Gasteiger partial charge < -0.3 is 16.0 Å². The van der Waals surface area contributed by atoms with Crippen LogP contribution in [-0.2, 0) is 16.0 Å². The van der Waals surface area contributed by atoms with Crippen LogP contribution in [0.25, 0.3) is 0 Å². The first-order valence-corrected chi connectivity index (χ1v) is 7.51. The van der Waals surface area contributed by atoms with Crippen LogP contribution in [0.5, 0.6) is 0 Å². The Bertz CT molecular complexity index is 476. The summed E-state index contributed by atoms with van der Waals surface area (Å²) in [6.07, 6.45) is 3.39. The minimum absolute atomic E-state index is 0.0356. The number of benzene rings is 1. The molecule has 2 rings (SSSR count). The maximum atomic E-state index is 12.2. The first-order chi connectivity index (χ1) is 10.2. The molecular weight excluding hydrogens is 266 g/mol. The van der Waals surface area contributed by atoms with E-state index in [0.717, 1.165) is 31.4 Å². The largest absolute Gasteiger partial charge is 0.347 e. The van der Waals surface area contributed by atoms with Gasteiger partial charge in [0, 0.05) is 19.1 Å². The third kappa shape index (κ3) is 4.56. The summed E-state index contributed by atoms with van der Waals surface area (Å²) in [4.78, 5) is 25.8. The van der Waals surface area contributed by atoms with E-state index in [9.17, 15) is 9.59 Å². The van der Waals surface area contributed by atoms with Gasteiger partial charge in [-0.3, -0.25) is 9.59 Å². The molecule has 1 unspecified atom stereocenters. The van der Waals surface area contributed by atoms with Gasteiger partial charge in [0.15, 0.2) is 0 Å². The number of amides is 2. The molecule has 1 aliphatic heterocycles. The quantitative estimate of drug-likeness (QED) is 0.837. The standard InChI is InChI=1S/C16H23N3O2/c17-11-14-8-4-5-9-19(14)16(21)12-18-15(20)10-13-6-2-1-3-7-13/h1-3,6-7,14H,4-5,8-12,17H2,(H,18,20). The van der Waals surface area contributed by atoms with Crippen molar-refractivity contribution in [1.82, 2.24) is 10.2 Å². The highest BCUT2D eigenvalue weighted by molar-refractivity contribution is 5.85. The molecule has 1 saturated heterocycles. The summed E-state index contributed by atoms with van der Waals surface area (Å²) in [5, 5.41) is 2.70. The number of likely N-dealkylation sites (tertiary alicyclic amines) is 1. The molecule has 0 aromatic heterocycles. The summed E-state index contributed by atoms with van der Waals surface area (Å²) in [7, 11) is 0. The molecule has 0 radical (unpaired) electrons. The molecule has 0 saturated carbocycles. The molecule has 1 fully saturated rings. The molecule has 2 amide bonds. The van der Waals surface area contributed by atoms with Gasteiger partial charge in [-0.25, -0.2) is 0 Å². The van der Waals surface area contributed by atoms with Crippen LogP contribution in [0, 0.1) is 0 Å². The van der Waals surface area contributed by atoms with Gasteiger partial charge in [0.2, 0.25) is 11.8 Å². The minimum atomic E-state index is -0.129. The van der Waals surface area contributed by atoms with E-state index in [1.165, 1.54) is 0 Å². The summed E-state index contributed by atoms with van der Waals surface area (Å²) in [5.41, 5.74) is 6.65. The molecule has 1 heterocycles. The van der Waals surface area contributed by atoms with Gasteiger partial charge in [0.1, 0.15) is 0 Å². The van der Waals surface area contributed by atoms with Gasteiger partial charge in [0.25, 0.3) is 0 Å². The molecule has 1 aromatic rings. The third-order valence-corrected chi connectivity index (χ3v) is 3.86. The van der Waals surface area contributed by atoms with Crippen molar-refractivity contribution in [2.75, 3.05) is 19.6 Å². The molecule has 5 heteroatoms. The number of hydrogen-bond donors (Lipinski definition) is 2. The number of nitrogens with two attached hydrogens (primary N) is 1. The zero-order valence-corrected chi connectivity index (χ0v) is 12.3. The first-order valence-electron chi connectivity index (χ1n) is 7.51. The lowest BCUT2D eigenvalue weighted by Gasteiger charge is -2.35. The van der Waals surface area contributed by atoms with E-state index in [1.807, 2.05) is 35.2 Å². The molecule has 21 heavy (non-hydrogen) atoms. The van der Waals surface area contributed by atoms with Crippen LogP contribution in [0.2, 0.25) is 0 Å². The Balaban J connectivity index is 1.79. The second-order valence-electron chi connectivity index (χ2n) is 5.41. The number of hydrogen-bond acceptors (Lipinski definition) is 3. The number of carbonyl (C=O) groups is 2. The van der Waals surface area contributed by atoms with Crippen LogP contribution in [0.15, 0.2) is 30.3 Å². The fraction of sp³-hybridized carbons (Fsp3) is 0.500. The molecule has 0 spiro atoms. The van der Waals surface area contributed by atoms with Gasteiger partial charge in [-0.05, 0) is 24.8 Å². The van der Waals surface area contributed by atoms with Crippen molar-refractivity contribution >= 4 is 11.8 Å². The number of nitrogens with one attached hydrogen (secondary N) is 1. The topological polar surface area (TPSA) is 75.4 Å². The van der Waals surface area contributed by atoms with Crippen LogP contribution in [0.1, 0.15) is 24.8 Å². The van der Waals surface area contributed by atoms with Crippen molar-refractivity contribution in [1.29, 1.82) is 0 Å². The normalized spacial score (nSPS) is 18.3. The summed E-state index contributed by atoms with van der Waals surface area (Å²) in [5.74, 6) is -0.164. The van der Waals surface area contributed by atoms with E-state index in [4.69, 9.17) is 5.73 Å². The number of nitrogens with zero attached hydrogens (tertiary/aromatic N) is 1. The zero-order chi connectivity index (χ0) is 15.1. The lowest BCUT2D eigenvalue weighted by Crippen LogP contribution is -2.50. The molecule has 3 N–H and O–H groups in total. The number of rotatable bonds is 5. The van der Waals surface area contributed by atoms with Gasteiger partial charge in [-0.1, -0.05) is 30.3 Å². The minimum Gasteiger partial charge on any atom is -0.347 e. The molecule has 1 aromatic carbocycles. The van der Waals surface area contributed by atoms with E-state index in [2.05, 4.69) is 5.32 Å². The maximum absolute atomic E-state index is 12.2. The van der Waals surface area contributed by atoms with E-state index in [1.54, 1.807) is 0 Å². The van der Waals surface area contributed by atoms with Crippen molar-refractivity contribution in [2.45, 2.75) is 31.7 Å². The fourth-order valence-corrected chi connectivity index (χ4v) is 2.69. The highest BCUT2D eigenvalue weighted by atomic mass is 16.2. The smallest absolute Gasteiger partial charge is 0.242 e. The number of piperidine rings is 1. The lowest BCUT2D eigenvalue weighted by atomic mass is 10.0. The Hall–Kier alpha value is -1.88. The molecular formula is C16H23N3O2. The molecule has 114 valence electrons. The lowest BCUT2D eigenvalue weighted by molar-refractivity contribution is -0.135. The summed E-state index contributed by atoms with van der Waals surface area (Å²) < 4.78 is 0. The van der Waals surface area contributed by atoms with Gasteiger partial charge in [-0.2, -0.15) is 0 Å². The molecule has 0 aliphatic carbocycles. The SMILES string of the molecule is NCC1CCCCN1C(=O)CNC(=O)Cc1ccccc1. The fourth-order valence-electron chi connectivity index (χ4n) is 2.69. The van der Waals surface area contributed by atoms with Crippen molar-refractivity contribution < 1.29 is 9.59 Å². The highest BCUT2D eigenvalue weighted by Crippen LogP contribution is 2.15. The first kappa shape index (κ1) is 15.5. The van der Waals surface area contributed by atoms with E-state index in [-0.39, 0.29) is 24.4 Å². The van der Waals surface area contributed by atoms with E-state index in [0.29, 0.717) is 13.0 Å². The zero-order valence-electron chi connectivity index (χ0n) is 12.3. The van der Waals surface area contributed by atoms with Gasteiger partial charge in [-0.15, -0.1) is 0 Å². The second-order valence-corrected chi connectivity index (χ2v) is 5.41. The number of carbonyl (C=O) groups excluding carboxylic acids is 2. The predicted molar refractivity (Wildman–Crippen MR) is 81.6 cm³/mol. The monoisotopic (exact) mass is 289 g/mol. The van der Waals surface area contributed by atoms with Crippen LogP contribution in [0.4, 0.5) is 0 Å². The Morgan fingerprint density at radius 2 is 2.00 bits per heavy atom. The van der Waals surface area contributed by atoms with Crippen LogP contribution < -0.4 is 11.1 Å². The maximum Gasteiger partial charge on any atom is 0.242 e. The van der Waals surface area contributed by atoms with Crippen LogP contribution in [-0.4, -0.2) is 42.4 Å². The van der Waals surface area contributed by atoms with Crippen molar-refractivity contribution in [3.8, 4) is 0 Å². The Morgan fingerprint density at radius 3 is 2.71 bits per heavy atom. The molecule has 5 nitrogen and oxygen atoms in total. The molecule has 1 atom stereocenters. The van der Waals surface area contributed by atoms with Crippen molar-refractivity contribution in [3.05, 3.63) is 35.9 Å². The average molecular weight is 289 g/mol. The van der Waals surface area contributed by atoms with Gasteiger partial charge in [0.05, 0.1) is 13.0 Å². The Morgan fingerprint density at radius 1 is 1.24 bits per heavy atom. The Labute approximate surface area is 125 Å².